The summed E-state index contributed by atoms with van der Waals surface area (Å²) in [5.74, 6) is 2.31. The Hall–Kier alpha value is -3.39. The van der Waals surface area contributed by atoms with E-state index >= 15 is 0 Å². The summed E-state index contributed by atoms with van der Waals surface area (Å²) >= 11 is 0. The molecule has 1 unspecified atom stereocenters. The van der Waals surface area contributed by atoms with Crippen molar-refractivity contribution in [3.8, 4) is 11.5 Å². The van der Waals surface area contributed by atoms with Gasteiger partial charge in [0.25, 0.3) is 0 Å². The first kappa shape index (κ1) is 19.3. The molecule has 6 rings (SSSR count). The predicted molar refractivity (Wildman–Crippen MR) is 117 cm³/mol. The lowest BCUT2D eigenvalue weighted by molar-refractivity contribution is 0.174. The molecule has 3 aliphatic rings. The Morgan fingerprint density at radius 2 is 1.75 bits per heavy atom. The predicted octanol–water partition coefficient (Wildman–Crippen LogP) is 1.63. The molecule has 0 saturated carbocycles. The van der Waals surface area contributed by atoms with Crippen LogP contribution in [0.2, 0.25) is 0 Å². The molecule has 1 atom stereocenters. The number of benzene rings is 2. The Kier molecular flexibility index (Phi) is 4.43. The minimum atomic E-state index is -0.551. The molecule has 3 aromatic rings. The van der Waals surface area contributed by atoms with Gasteiger partial charge >= 0.3 is 11.1 Å². The Morgan fingerprint density at radius 3 is 2.62 bits per heavy atom. The number of aromatic nitrogens is 3. The maximum atomic E-state index is 12.8. The number of likely N-dealkylation sites (tertiary alicyclic amines) is 1. The van der Waals surface area contributed by atoms with Crippen LogP contribution in [0.1, 0.15) is 23.4 Å². The summed E-state index contributed by atoms with van der Waals surface area (Å²) in [6.45, 7) is 3.79. The molecule has 164 valence electrons. The third-order valence-corrected chi connectivity index (χ3v) is 6.77. The van der Waals surface area contributed by atoms with Crippen LogP contribution in [0, 0.1) is 5.41 Å². The lowest BCUT2D eigenvalue weighted by atomic mass is 9.86. The van der Waals surface area contributed by atoms with Crippen LogP contribution in [0.15, 0.2) is 58.1 Å². The molecule has 0 aliphatic carbocycles. The van der Waals surface area contributed by atoms with Gasteiger partial charge in [0.1, 0.15) is 5.82 Å². The summed E-state index contributed by atoms with van der Waals surface area (Å²) in [5.41, 5.74) is 1.07. The number of ether oxygens (including phenoxy) is 2. The molecule has 1 spiro atoms. The second kappa shape index (κ2) is 7.34. The molecule has 2 aromatic carbocycles. The highest BCUT2D eigenvalue weighted by molar-refractivity contribution is 5.44. The molecule has 32 heavy (non-hydrogen) atoms. The minimum Gasteiger partial charge on any atom is -0.454 e. The van der Waals surface area contributed by atoms with Gasteiger partial charge < -0.3 is 9.47 Å². The standard InChI is InChI=1S/C24H24N4O4/c29-22-23(30)28(13-17-4-2-1-3-5-17)25-21-11-24(15-27(21)22)8-9-26(14-24)12-18-6-7-19-20(10-18)32-16-31-19/h1-7,10H,8-9,11-16H2. The van der Waals surface area contributed by atoms with Crippen LogP contribution in [0.5, 0.6) is 11.5 Å². The van der Waals surface area contributed by atoms with Crippen molar-refractivity contribution in [3.63, 3.8) is 0 Å². The van der Waals surface area contributed by atoms with Gasteiger partial charge in [0.05, 0.1) is 6.54 Å². The fourth-order valence-corrected chi connectivity index (χ4v) is 5.20. The lowest BCUT2D eigenvalue weighted by Crippen LogP contribution is -2.43. The SMILES string of the molecule is O=c1c(=O)n2c(nn1Cc1ccccc1)CC1(CCN(Cc3ccc4c(c3)OCO4)C1)C2. The fraction of sp³-hybridized carbons (Fsp3) is 0.375. The van der Waals surface area contributed by atoms with Gasteiger partial charge in [0, 0.05) is 31.5 Å². The van der Waals surface area contributed by atoms with Crippen LogP contribution < -0.4 is 20.6 Å². The van der Waals surface area contributed by atoms with E-state index in [9.17, 15) is 9.59 Å². The van der Waals surface area contributed by atoms with E-state index < -0.39 is 11.1 Å². The van der Waals surface area contributed by atoms with Crippen LogP contribution in [-0.2, 0) is 26.1 Å². The van der Waals surface area contributed by atoms with Gasteiger partial charge in [0.15, 0.2) is 11.5 Å². The zero-order valence-electron chi connectivity index (χ0n) is 17.7. The van der Waals surface area contributed by atoms with Gasteiger partial charge in [-0.1, -0.05) is 36.4 Å². The van der Waals surface area contributed by atoms with E-state index in [-0.39, 0.29) is 12.2 Å². The van der Waals surface area contributed by atoms with E-state index in [0.29, 0.717) is 13.1 Å². The maximum absolute atomic E-state index is 12.8. The minimum absolute atomic E-state index is 0.0477. The highest BCUT2D eigenvalue weighted by Crippen LogP contribution is 2.40. The second-order valence-corrected chi connectivity index (χ2v) is 9.08. The quantitative estimate of drug-likeness (QED) is 0.583. The summed E-state index contributed by atoms with van der Waals surface area (Å²) in [6, 6.07) is 15.7. The van der Waals surface area contributed by atoms with Crippen LogP contribution in [0.4, 0.5) is 0 Å². The largest absolute Gasteiger partial charge is 0.454 e. The first-order valence-electron chi connectivity index (χ1n) is 10.9. The van der Waals surface area contributed by atoms with Crippen LogP contribution in [0.25, 0.3) is 0 Å². The van der Waals surface area contributed by atoms with Crippen molar-refractivity contribution in [3.05, 3.63) is 86.2 Å². The molecule has 1 fully saturated rings. The van der Waals surface area contributed by atoms with E-state index in [0.717, 1.165) is 55.4 Å². The average Bonchev–Trinajstić information content (AvgIpc) is 3.51. The molecule has 4 heterocycles. The van der Waals surface area contributed by atoms with E-state index in [4.69, 9.17) is 9.47 Å². The molecule has 3 aliphatic heterocycles. The van der Waals surface area contributed by atoms with Crippen molar-refractivity contribution in [1.29, 1.82) is 0 Å². The third-order valence-electron chi connectivity index (χ3n) is 6.77. The highest BCUT2D eigenvalue weighted by Gasteiger charge is 2.44. The van der Waals surface area contributed by atoms with E-state index in [1.165, 1.54) is 10.2 Å². The van der Waals surface area contributed by atoms with Crippen LogP contribution in [-0.4, -0.2) is 39.1 Å². The van der Waals surface area contributed by atoms with Gasteiger partial charge in [-0.2, -0.15) is 5.10 Å². The molecule has 1 aromatic heterocycles. The van der Waals surface area contributed by atoms with Gasteiger partial charge in [-0.3, -0.25) is 19.1 Å². The summed E-state index contributed by atoms with van der Waals surface area (Å²) in [4.78, 5) is 27.9. The molecule has 0 amide bonds. The molecule has 8 heteroatoms. The summed E-state index contributed by atoms with van der Waals surface area (Å²) < 4.78 is 13.8. The first-order chi connectivity index (χ1) is 15.6. The van der Waals surface area contributed by atoms with E-state index in [1.54, 1.807) is 4.57 Å². The summed E-state index contributed by atoms with van der Waals surface area (Å²) in [7, 11) is 0. The number of hydrogen-bond donors (Lipinski definition) is 0. The molecular formula is C24H24N4O4. The molecule has 0 radical (unpaired) electrons. The van der Waals surface area contributed by atoms with Gasteiger partial charge in [-0.05, 0) is 36.2 Å². The first-order valence-corrected chi connectivity index (χ1v) is 10.9. The Labute approximate surface area is 184 Å². The van der Waals surface area contributed by atoms with Gasteiger partial charge in [-0.15, -0.1) is 0 Å². The number of nitrogens with zero attached hydrogens (tertiary/aromatic N) is 4. The van der Waals surface area contributed by atoms with Crippen molar-refractivity contribution in [2.24, 2.45) is 5.41 Å². The summed E-state index contributed by atoms with van der Waals surface area (Å²) in [5, 5.41) is 4.59. The molecule has 0 N–H and O–H groups in total. The molecule has 8 nitrogen and oxygen atoms in total. The van der Waals surface area contributed by atoms with E-state index in [1.807, 2.05) is 42.5 Å². The second-order valence-electron chi connectivity index (χ2n) is 9.08. The molecule has 1 saturated heterocycles. The number of fused-ring (bicyclic) bond motifs is 2. The van der Waals surface area contributed by atoms with Crippen LogP contribution in [0.3, 0.4) is 0 Å². The Morgan fingerprint density at radius 1 is 0.906 bits per heavy atom. The monoisotopic (exact) mass is 432 g/mol. The van der Waals surface area contributed by atoms with E-state index in [2.05, 4.69) is 16.1 Å². The number of rotatable bonds is 4. The zero-order valence-corrected chi connectivity index (χ0v) is 17.7. The topological polar surface area (TPSA) is 78.6 Å². The zero-order chi connectivity index (χ0) is 21.7. The smallest absolute Gasteiger partial charge is 0.332 e. The van der Waals surface area contributed by atoms with Crippen LogP contribution >= 0.6 is 0 Å². The fourth-order valence-electron chi connectivity index (χ4n) is 5.20. The maximum Gasteiger partial charge on any atom is 0.332 e. The average molecular weight is 432 g/mol. The molecular weight excluding hydrogens is 408 g/mol. The van der Waals surface area contributed by atoms with Gasteiger partial charge in [-0.25, -0.2) is 4.68 Å². The Bertz CT molecular complexity index is 1300. The van der Waals surface area contributed by atoms with Crippen molar-refractivity contribution >= 4 is 0 Å². The normalized spacial score (nSPS) is 21.4. The lowest BCUT2D eigenvalue weighted by Gasteiger charge is -2.22. The van der Waals surface area contributed by atoms with Gasteiger partial charge in [0.2, 0.25) is 6.79 Å². The highest BCUT2D eigenvalue weighted by atomic mass is 16.7. The van der Waals surface area contributed by atoms with Crippen molar-refractivity contribution in [1.82, 2.24) is 19.2 Å². The Balaban J connectivity index is 1.20. The summed E-state index contributed by atoms with van der Waals surface area (Å²) in [6.07, 6.45) is 1.70. The van der Waals surface area contributed by atoms with Crippen molar-refractivity contribution in [2.45, 2.75) is 32.5 Å². The third kappa shape index (κ3) is 3.31. The van der Waals surface area contributed by atoms with Crippen molar-refractivity contribution in [2.75, 3.05) is 19.9 Å². The number of hydrogen-bond acceptors (Lipinski definition) is 6. The molecule has 0 bridgehead atoms. The van der Waals surface area contributed by atoms with Crippen molar-refractivity contribution < 1.29 is 9.47 Å².